The van der Waals surface area contributed by atoms with E-state index < -0.39 is 0 Å². The molecule has 0 atom stereocenters. The normalized spacial score (nSPS) is 10.3. The van der Waals surface area contributed by atoms with Crippen LogP contribution in [0.2, 0.25) is 5.15 Å². The Bertz CT molecular complexity index is 526. The molecular formula is C13H14ClN3. The van der Waals surface area contributed by atoms with Gasteiger partial charge in [0.1, 0.15) is 17.3 Å². The third-order valence-electron chi connectivity index (χ3n) is 2.60. The van der Waals surface area contributed by atoms with E-state index in [1.807, 2.05) is 0 Å². The SMILES string of the molecule is Cc1ccc(C)c(CNc2cc(Cl)ncn2)c1. The molecule has 0 aliphatic heterocycles. The molecule has 1 aromatic carbocycles. The average Bonchev–Trinajstić information content (AvgIpc) is 2.30. The van der Waals surface area contributed by atoms with Gasteiger partial charge in [-0.25, -0.2) is 9.97 Å². The van der Waals surface area contributed by atoms with Gasteiger partial charge < -0.3 is 5.32 Å². The van der Waals surface area contributed by atoms with Gasteiger partial charge in [-0.05, 0) is 25.0 Å². The minimum absolute atomic E-state index is 0.448. The summed E-state index contributed by atoms with van der Waals surface area (Å²) in [5.74, 6) is 0.742. The first kappa shape index (κ1) is 11.9. The van der Waals surface area contributed by atoms with Crippen LogP contribution in [-0.4, -0.2) is 9.97 Å². The number of rotatable bonds is 3. The maximum Gasteiger partial charge on any atom is 0.134 e. The smallest absolute Gasteiger partial charge is 0.134 e. The highest BCUT2D eigenvalue weighted by molar-refractivity contribution is 6.29. The second-order valence-corrected chi connectivity index (χ2v) is 4.40. The summed E-state index contributed by atoms with van der Waals surface area (Å²) in [6, 6.07) is 8.12. The highest BCUT2D eigenvalue weighted by atomic mass is 35.5. The Morgan fingerprint density at radius 3 is 2.76 bits per heavy atom. The summed E-state index contributed by atoms with van der Waals surface area (Å²) in [4.78, 5) is 7.94. The maximum atomic E-state index is 5.79. The van der Waals surface area contributed by atoms with E-state index in [1.165, 1.54) is 23.0 Å². The summed E-state index contributed by atoms with van der Waals surface area (Å²) in [6.07, 6.45) is 1.45. The Labute approximate surface area is 106 Å². The van der Waals surface area contributed by atoms with Gasteiger partial charge in [0.05, 0.1) is 0 Å². The number of halogens is 1. The highest BCUT2D eigenvalue weighted by Gasteiger charge is 2.00. The molecule has 0 saturated heterocycles. The fraction of sp³-hybridized carbons (Fsp3) is 0.231. The van der Waals surface area contributed by atoms with Gasteiger partial charge in [0.15, 0.2) is 0 Å². The second-order valence-electron chi connectivity index (χ2n) is 4.01. The van der Waals surface area contributed by atoms with E-state index in [0.29, 0.717) is 5.15 Å². The van der Waals surface area contributed by atoms with E-state index >= 15 is 0 Å². The summed E-state index contributed by atoms with van der Waals surface area (Å²) in [6.45, 7) is 4.93. The summed E-state index contributed by atoms with van der Waals surface area (Å²) >= 11 is 5.79. The quantitative estimate of drug-likeness (QED) is 0.846. The predicted molar refractivity (Wildman–Crippen MR) is 70.3 cm³/mol. The van der Waals surface area contributed by atoms with Crippen molar-refractivity contribution in [1.82, 2.24) is 9.97 Å². The number of aryl methyl sites for hydroxylation is 2. The van der Waals surface area contributed by atoms with Crippen molar-refractivity contribution in [2.45, 2.75) is 20.4 Å². The molecule has 88 valence electrons. The minimum Gasteiger partial charge on any atom is -0.366 e. The van der Waals surface area contributed by atoms with Crippen LogP contribution in [0.25, 0.3) is 0 Å². The third-order valence-corrected chi connectivity index (χ3v) is 2.81. The molecule has 0 spiro atoms. The predicted octanol–water partition coefficient (Wildman–Crippen LogP) is 3.36. The van der Waals surface area contributed by atoms with Gasteiger partial charge in [0, 0.05) is 12.6 Å². The first-order valence-corrected chi connectivity index (χ1v) is 5.80. The van der Waals surface area contributed by atoms with E-state index in [-0.39, 0.29) is 0 Å². The van der Waals surface area contributed by atoms with Gasteiger partial charge in [-0.1, -0.05) is 35.4 Å². The Morgan fingerprint density at radius 1 is 1.18 bits per heavy atom. The molecule has 1 heterocycles. The minimum atomic E-state index is 0.448. The van der Waals surface area contributed by atoms with Crippen molar-refractivity contribution in [2.24, 2.45) is 0 Å². The average molecular weight is 248 g/mol. The molecule has 2 aromatic rings. The number of aromatic nitrogens is 2. The monoisotopic (exact) mass is 247 g/mol. The number of benzene rings is 1. The van der Waals surface area contributed by atoms with Crippen LogP contribution in [0.5, 0.6) is 0 Å². The van der Waals surface area contributed by atoms with Gasteiger partial charge in [0.25, 0.3) is 0 Å². The van der Waals surface area contributed by atoms with Crippen LogP contribution >= 0.6 is 11.6 Å². The Balaban J connectivity index is 2.09. The van der Waals surface area contributed by atoms with Crippen LogP contribution in [0.4, 0.5) is 5.82 Å². The molecule has 2 rings (SSSR count). The van der Waals surface area contributed by atoms with Crippen LogP contribution in [0.15, 0.2) is 30.6 Å². The van der Waals surface area contributed by atoms with Crippen LogP contribution in [0, 0.1) is 13.8 Å². The van der Waals surface area contributed by atoms with Gasteiger partial charge >= 0.3 is 0 Å². The topological polar surface area (TPSA) is 37.8 Å². The largest absolute Gasteiger partial charge is 0.366 e. The van der Waals surface area contributed by atoms with Crippen LogP contribution in [-0.2, 0) is 6.54 Å². The summed E-state index contributed by atoms with van der Waals surface area (Å²) < 4.78 is 0. The molecule has 0 aliphatic rings. The zero-order valence-electron chi connectivity index (χ0n) is 9.87. The fourth-order valence-electron chi connectivity index (χ4n) is 1.61. The molecule has 0 radical (unpaired) electrons. The third kappa shape index (κ3) is 3.17. The van der Waals surface area contributed by atoms with Gasteiger partial charge in [-0.2, -0.15) is 0 Å². The first-order chi connectivity index (χ1) is 8.15. The molecule has 17 heavy (non-hydrogen) atoms. The molecule has 0 fully saturated rings. The standard InChI is InChI=1S/C13H14ClN3/c1-9-3-4-10(2)11(5-9)7-15-13-6-12(14)16-8-17-13/h3-6,8H,7H2,1-2H3,(H,15,16,17). The van der Waals surface area contributed by atoms with Crippen molar-refractivity contribution in [3.63, 3.8) is 0 Å². The highest BCUT2D eigenvalue weighted by Crippen LogP contribution is 2.14. The van der Waals surface area contributed by atoms with Crippen molar-refractivity contribution < 1.29 is 0 Å². The fourth-order valence-corrected chi connectivity index (χ4v) is 1.75. The molecular weight excluding hydrogens is 234 g/mol. The molecule has 3 nitrogen and oxygen atoms in total. The lowest BCUT2D eigenvalue weighted by atomic mass is 10.1. The maximum absolute atomic E-state index is 5.79. The number of hydrogen-bond acceptors (Lipinski definition) is 3. The van der Waals surface area contributed by atoms with E-state index in [4.69, 9.17) is 11.6 Å². The van der Waals surface area contributed by atoms with Crippen LogP contribution in [0.1, 0.15) is 16.7 Å². The van der Waals surface area contributed by atoms with Gasteiger partial charge in [-0.15, -0.1) is 0 Å². The van der Waals surface area contributed by atoms with Gasteiger partial charge in [0.2, 0.25) is 0 Å². The summed E-state index contributed by atoms with van der Waals surface area (Å²) in [5.41, 5.74) is 3.79. The van der Waals surface area contributed by atoms with E-state index in [9.17, 15) is 0 Å². The van der Waals surface area contributed by atoms with Crippen molar-refractivity contribution in [3.8, 4) is 0 Å². The number of nitrogens with one attached hydrogen (secondary N) is 1. The zero-order valence-corrected chi connectivity index (χ0v) is 10.6. The van der Waals surface area contributed by atoms with E-state index in [0.717, 1.165) is 12.4 Å². The van der Waals surface area contributed by atoms with E-state index in [1.54, 1.807) is 6.07 Å². The summed E-state index contributed by atoms with van der Waals surface area (Å²) in [7, 11) is 0. The van der Waals surface area contributed by atoms with Crippen LogP contribution < -0.4 is 5.32 Å². The Hall–Kier alpha value is -1.61. The Kier molecular flexibility index (Phi) is 3.59. The molecule has 0 bridgehead atoms. The number of nitrogens with zero attached hydrogens (tertiary/aromatic N) is 2. The molecule has 0 amide bonds. The lowest BCUT2D eigenvalue weighted by Crippen LogP contribution is -2.03. The van der Waals surface area contributed by atoms with Gasteiger partial charge in [-0.3, -0.25) is 0 Å². The zero-order chi connectivity index (χ0) is 12.3. The molecule has 0 saturated carbocycles. The molecule has 1 N–H and O–H groups in total. The lowest BCUT2D eigenvalue weighted by molar-refractivity contribution is 1.06. The van der Waals surface area contributed by atoms with Crippen molar-refractivity contribution in [1.29, 1.82) is 0 Å². The van der Waals surface area contributed by atoms with E-state index in [2.05, 4.69) is 47.3 Å². The molecule has 0 unspecified atom stereocenters. The lowest BCUT2D eigenvalue weighted by Gasteiger charge is -2.09. The molecule has 0 aliphatic carbocycles. The summed E-state index contributed by atoms with van der Waals surface area (Å²) in [5, 5.41) is 3.68. The second kappa shape index (κ2) is 5.15. The van der Waals surface area contributed by atoms with Crippen molar-refractivity contribution >= 4 is 17.4 Å². The molecule has 1 aromatic heterocycles. The van der Waals surface area contributed by atoms with Crippen molar-refractivity contribution in [3.05, 3.63) is 52.4 Å². The molecule has 4 heteroatoms. The first-order valence-electron chi connectivity index (χ1n) is 5.43. The Morgan fingerprint density at radius 2 is 2.00 bits per heavy atom. The number of hydrogen-bond donors (Lipinski definition) is 1. The van der Waals surface area contributed by atoms with Crippen molar-refractivity contribution in [2.75, 3.05) is 5.32 Å². The van der Waals surface area contributed by atoms with Crippen LogP contribution in [0.3, 0.4) is 0 Å². The number of anilines is 1.